The van der Waals surface area contributed by atoms with Crippen LogP contribution in [0.3, 0.4) is 0 Å². The molecule has 30 heavy (non-hydrogen) atoms. The Bertz CT molecular complexity index is 1130. The van der Waals surface area contributed by atoms with Crippen LogP contribution in [0.25, 0.3) is 5.57 Å². The summed E-state index contributed by atoms with van der Waals surface area (Å²) >= 11 is 6.02. The molecular weight excluding hydrogens is 398 g/mol. The van der Waals surface area contributed by atoms with Crippen molar-refractivity contribution in [2.75, 3.05) is 5.32 Å². The van der Waals surface area contributed by atoms with Gasteiger partial charge in [0.25, 0.3) is 11.8 Å². The van der Waals surface area contributed by atoms with Crippen LogP contribution in [0.15, 0.2) is 72.6 Å². The van der Waals surface area contributed by atoms with Crippen molar-refractivity contribution in [2.24, 2.45) is 0 Å². The first-order valence-corrected chi connectivity index (χ1v) is 9.92. The van der Waals surface area contributed by atoms with Crippen molar-refractivity contribution in [3.8, 4) is 0 Å². The van der Waals surface area contributed by atoms with Gasteiger partial charge in [-0.05, 0) is 66.9 Å². The van der Waals surface area contributed by atoms with Gasteiger partial charge in [0.2, 0.25) is 0 Å². The van der Waals surface area contributed by atoms with E-state index in [0.717, 1.165) is 16.8 Å². The Morgan fingerprint density at radius 1 is 0.933 bits per heavy atom. The number of halogens is 1. The number of anilines is 1. The molecule has 0 bridgehead atoms. The third-order valence-electron chi connectivity index (χ3n) is 4.84. The second kappa shape index (κ2) is 8.13. The van der Waals surface area contributed by atoms with E-state index in [2.05, 4.69) is 16.4 Å². The fraction of sp³-hybridized carbons (Fsp3) is 0.125. The van der Waals surface area contributed by atoms with Crippen LogP contribution in [-0.4, -0.2) is 21.7 Å². The molecule has 0 spiro atoms. The van der Waals surface area contributed by atoms with E-state index >= 15 is 0 Å². The van der Waals surface area contributed by atoms with Gasteiger partial charge in [-0.2, -0.15) is 0 Å². The number of hydrogen-bond donors (Lipinski definition) is 1. The molecule has 0 aliphatic carbocycles. The number of hydrogen-bond acceptors (Lipinski definition) is 4. The molecule has 0 unspecified atom stereocenters. The zero-order valence-corrected chi connectivity index (χ0v) is 17.4. The number of imide groups is 1. The fourth-order valence-electron chi connectivity index (χ4n) is 3.56. The predicted octanol–water partition coefficient (Wildman–Crippen LogP) is 4.74. The molecule has 1 aliphatic heterocycles. The highest BCUT2D eigenvalue weighted by Gasteiger charge is 2.39. The van der Waals surface area contributed by atoms with Crippen LogP contribution in [0.4, 0.5) is 5.69 Å². The number of carbonyl (C=O) groups excluding carboxylic acids is 2. The number of amides is 2. The molecule has 1 aliphatic rings. The minimum Gasteiger partial charge on any atom is -0.350 e. The second-order valence-corrected chi connectivity index (χ2v) is 7.71. The standard InChI is InChI=1S/C24H20ClN3O2/c1-15-11-16(2)13-20(12-15)27-22-21(17-6-8-18(25)9-7-17)23(29)28(24(22)30)14-19-5-3-4-10-26-19/h3-13,27H,14H2,1-2H3. The van der Waals surface area contributed by atoms with E-state index in [9.17, 15) is 9.59 Å². The Labute approximate surface area is 180 Å². The Morgan fingerprint density at radius 2 is 1.63 bits per heavy atom. The molecule has 150 valence electrons. The highest BCUT2D eigenvalue weighted by molar-refractivity contribution is 6.36. The van der Waals surface area contributed by atoms with Gasteiger partial charge in [-0.25, -0.2) is 0 Å². The monoisotopic (exact) mass is 417 g/mol. The minimum atomic E-state index is -0.380. The number of benzene rings is 2. The fourth-order valence-corrected chi connectivity index (χ4v) is 3.69. The lowest BCUT2D eigenvalue weighted by molar-refractivity contribution is -0.137. The summed E-state index contributed by atoms with van der Waals surface area (Å²) in [6.07, 6.45) is 1.64. The number of nitrogens with one attached hydrogen (secondary N) is 1. The first-order valence-electron chi connectivity index (χ1n) is 9.54. The topological polar surface area (TPSA) is 62.3 Å². The summed E-state index contributed by atoms with van der Waals surface area (Å²) in [5.41, 5.74) is 4.74. The van der Waals surface area contributed by atoms with Gasteiger partial charge >= 0.3 is 0 Å². The van der Waals surface area contributed by atoms with Crippen molar-refractivity contribution in [2.45, 2.75) is 20.4 Å². The van der Waals surface area contributed by atoms with E-state index in [4.69, 9.17) is 11.6 Å². The zero-order chi connectivity index (χ0) is 21.3. The molecule has 3 aromatic rings. The first-order chi connectivity index (χ1) is 14.4. The van der Waals surface area contributed by atoms with E-state index in [0.29, 0.717) is 21.9 Å². The van der Waals surface area contributed by atoms with Crippen molar-refractivity contribution in [1.29, 1.82) is 0 Å². The summed E-state index contributed by atoms with van der Waals surface area (Å²) in [6, 6.07) is 18.3. The van der Waals surface area contributed by atoms with Gasteiger partial charge in [-0.1, -0.05) is 35.9 Å². The lowest BCUT2D eigenvalue weighted by Crippen LogP contribution is -2.32. The Hall–Kier alpha value is -3.44. The normalized spacial score (nSPS) is 13.9. The van der Waals surface area contributed by atoms with Crippen LogP contribution in [-0.2, 0) is 16.1 Å². The molecule has 1 aromatic heterocycles. The molecule has 4 rings (SSSR count). The van der Waals surface area contributed by atoms with E-state index in [1.165, 1.54) is 4.90 Å². The molecule has 0 atom stereocenters. The average Bonchev–Trinajstić information content (AvgIpc) is 2.93. The Morgan fingerprint density at radius 3 is 2.27 bits per heavy atom. The smallest absolute Gasteiger partial charge is 0.278 e. The molecule has 2 aromatic carbocycles. The molecule has 0 saturated heterocycles. The lowest BCUT2D eigenvalue weighted by Gasteiger charge is -2.15. The van der Waals surface area contributed by atoms with Crippen molar-refractivity contribution in [3.05, 3.63) is 100.0 Å². The van der Waals surface area contributed by atoms with Crippen LogP contribution >= 0.6 is 11.6 Å². The summed E-state index contributed by atoms with van der Waals surface area (Å²) in [7, 11) is 0. The maximum absolute atomic E-state index is 13.3. The molecule has 6 heteroatoms. The van der Waals surface area contributed by atoms with Crippen LogP contribution in [0.2, 0.25) is 5.02 Å². The molecule has 5 nitrogen and oxygen atoms in total. The summed E-state index contributed by atoms with van der Waals surface area (Å²) in [5.74, 6) is -0.741. The molecule has 0 saturated carbocycles. The Kier molecular flexibility index (Phi) is 5.38. The highest BCUT2D eigenvalue weighted by atomic mass is 35.5. The predicted molar refractivity (Wildman–Crippen MR) is 118 cm³/mol. The summed E-state index contributed by atoms with van der Waals surface area (Å²) < 4.78 is 0. The summed E-state index contributed by atoms with van der Waals surface area (Å²) in [6.45, 7) is 4.08. The Balaban J connectivity index is 1.76. The van der Waals surface area contributed by atoms with E-state index in [-0.39, 0.29) is 24.1 Å². The maximum atomic E-state index is 13.3. The van der Waals surface area contributed by atoms with E-state index < -0.39 is 0 Å². The number of rotatable bonds is 5. The van der Waals surface area contributed by atoms with Crippen LogP contribution in [0.5, 0.6) is 0 Å². The van der Waals surface area contributed by atoms with E-state index in [1.807, 2.05) is 32.0 Å². The quantitative estimate of drug-likeness (QED) is 0.609. The highest BCUT2D eigenvalue weighted by Crippen LogP contribution is 2.32. The number of carbonyl (C=O) groups is 2. The maximum Gasteiger partial charge on any atom is 0.278 e. The van der Waals surface area contributed by atoms with Gasteiger partial charge in [-0.15, -0.1) is 0 Å². The van der Waals surface area contributed by atoms with Crippen molar-refractivity contribution >= 4 is 34.7 Å². The van der Waals surface area contributed by atoms with Gasteiger partial charge in [0.05, 0.1) is 17.8 Å². The van der Waals surface area contributed by atoms with Crippen molar-refractivity contribution in [3.63, 3.8) is 0 Å². The number of aryl methyl sites for hydroxylation is 2. The second-order valence-electron chi connectivity index (χ2n) is 7.28. The van der Waals surface area contributed by atoms with Crippen molar-refractivity contribution < 1.29 is 9.59 Å². The molecule has 2 heterocycles. The van der Waals surface area contributed by atoms with Crippen molar-refractivity contribution in [1.82, 2.24) is 9.88 Å². The first kappa shape index (κ1) is 19.9. The average molecular weight is 418 g/mol. The third-order valence-corrected chi connectivity index (χ3v) is 5.09. The van der Waals surface area contributed by atoms with Crippen LogP contribution < -0.4 is 5.32 Å². The van der Waals surface area contributed by atoms with Crippen LogP contribution in [0.1, 0.15) is 22.4 Å². The SMILES string of the molecule is Cc1cc(C)cc(NC2=C(c3ccc(Cl)cc3)C(=O)N(Cc3ccccn3)C2=O)c1. The molecular formula is C24H20ClN3O2. The third kappa shape index (κ3) is 3.98. The number of pyridine rings is 1. The van der Waals surface area contributed by atoms with Crippen LogP contribution in [0, 0.1) is 13.8 Å². The summed E-state index contributed by atoms with van der Waals surface area (Å²) in [5, 5.41) is 3.76. The van der Waals surface area contributed by atoms with Gasteiger partial charge in [-0.3, -0.25) is 19.5 Å². The van der Waals surface area contributed by atoms with Gasteiger partial charge in [0.15, 0.2) is 0 Å². The molecule has 0 fully saturated rings. The number of nitrogens with zero attached hydrogens (tertiary/aromatic N) is 2. The minimum absolute atomic E-state index is 0.105. The van der Waals surface area contributed by atoms with Gasteiger partial charge in [0.1, 0.15) is 5.70 Å². The number of aromatic nitrogens is 1. The molecule has 0 radical (unpaired) electrons. The largest absolute Gasteiger partial charge is 0.350 e. The summed E-state index contributed by atoms with van der Waals surface area (Å²) in [4.78, 5) is 32.0. The molecule has 1 N–H and O–H groups in total. The lowest BCUT2D eigenvalue weighted by atomic mass is 10.0. The van der Waals surface area contributed by atoms with Gasteiger partial charge < -0.3 is 5.32 Å². The van der Waals surface area contributed by atoms with Gasteiger partial charge in [0, 0.05) is 16.9 Å². The zero-order valence-electron chi connectivity index (χ0n) is 16.6. The molecule has 2 amide bonds. The van der Waals surface area contributed by atoms with E-state index in [1.54, 1.807) is 42.6 Å².